The summed E-state index contributed by atoms with van der Waals surface area (Å²) >= 11 is 0. The summed E-state index contributed by atoms with van der Waals surface area (Å²) < 4.78 is 11.1. The number of nitrogens with zero attached hydrogens (tertiary/aromatic N) is 1. The van der Waals surface area contributed by atoms with Gasteiger partial charge in [0.25, 0.3) is 5.91 Å². The molecule has 1 saturated heterocycles. The highest BCUT2D eigenvalue weighted by molar-refractivity contribution is 6.01. The number of aromatic carboxylic acids is 1. The van der Waals surface area contributed by atoms with Crippen LogP contribution < -0.4 is 5.32 Å². The van der Waals surface area contributed by atoms with Crippen molar-refractivity contribution in [1.29, 1.82) is 5.26 Å². The van der Waals surface area contributed by atoms with Crippen LogP contribution in [-0.2, 0) is 9.53 Å². The molecule has 27 heavy (non-hydrogen) atoms. The Bertz CT molecular complexity index is 916. The minimum Gasteiger partial charge on any atom is -0.478 e. The van der Waals surface area contributed by atoms with E-state index >= 15 is 0 Å². The van der Waals surface area contributed by atoms with E-state index in [1.165, 1.54) is 18.2 Å². The molecule has 1 atom stereocenters. The third kappa shape index (κ3) is 4.63. The van der Waals surface area contributed by atoms with Gasteiger partial charge < -0.3 is 19.6 Å². The number of rotatable bonds is 6. The quantitative estimate of drug-likeness (QED) is 0.600. The first-order valence-electron chi connectivity index (χ1n) is 8.52. The summed E-state index contributed by atoms with van der Waals surface area (Å²) in [6, 6.07) is 11.5. The molecule has 1 aromatic carbocycles. The Morgan fingerprint density at radius 1 is 1.33 bits per heavy atom. The summed E-state index contributed by atoms with van der Waals surface area (Å²) in [5, 5.41) is 21.0. The number of carboxylic acid groups (broad SMARTS) is 1. The smallest absolute Gasteiger partial charge is 0.335 e. The number of hydrogen-bond donors (Lipinski definition) is 2. The van der Waals surface area contributed by atoms with Crippen LogP contribution in [-0.4, -0.2) is 36.2 Å². The van der Waals surface area contributed by atoms with Crippen molar-refractivity contribution in [3.8, 4) is 17.4 Å². The molecule has 1 aliphatic rings. The maximum Gasteiger partial charge on any atom is 0.335 e. The minimum atomic E-state index is -1.03. The maximum atomic E-state index is 12.2. The molecule has 0 bridgehead atoms. The van der Waals surface area contributed by atoms with Crippen molar-refractivity contribution in [2.24, 2.45) is 0 Å². The number of furan rings is 1. The van der Waals surface area contributed by atoms with E-state index in [-0.39, 0.29) is 17.2 Å². The van der Waals surface area contributed by atoms with Crippen LogP contribution in [0.4, 0.5) is 0 Å². The summed E-state index contributed by atoms with van der Waals surface area (Å²) in [4.78, 5) is 23.2. The molecule has 0 radical (unpaired) electrons. The van der Waals surface area contributed by atoms with Gasteiger partial charge in [-0.25, -0.2) is 4.79 Å². The van der Waals surface area contributed by atoms with Gasteiger partial charge in [-0.3, -0.25) is 4.79 Å². The molecule has 2 heterocycles. The molecule has 7 nitrogen and oxygen atoms in total. The Morgan fingerprint density at radius 2 is 2.19 bits per heavy atom. The van der Waals surface area contributed by atoms with Gasteiger partial charge in [0.15, 0.2) is 0 Å². The fourth-order valence-electron chi connectivity index (χ4n) is 2.79. The average Bonchev–Trinajstić information content (AvgIpc) is 3.36. The zero-order chi connectivity index (χ0) is 19.2. The molecule has 2 aromatic rings. The van der Waals surface area contributed by atoms with Gasteiger partial charge in [-0.15, -0.1) is 0 Å². The van der Waals surface area contributed by atoms with E-state index in [0.29, 0.717) is 30.2 Å². The predicted molar refractivity (Wildman–Crippen MR) is 96.7 cm³/mol. The van der Waals surface area contributed by atoms with E-state index in [0.717, 1.165) is 12.8 Å². The van der Waals surface area contributed by atoms with Crippen molar-refractivity contribution in [1.82, 2.24) is 5.32 Å². The molecule has 0 aliphatic carbocycles. The van der Waals surface area contributed by atoms with Gasteiger partial charge in [-0.1, -0.05) is 12.1 Å². The summed E-state index contributed by atoms with van der Waals surface area (Å²) in [5.74, 6) is -0.743. The molecule has 0 saturated carbocycles. The lowest BCUT2D eigenvalue weighted by Crippen LogP contribution is -2.32. The molecule has 2 N–H and O–H groups in total. The lowest BCUT2D eigenvalue weighted by atomic mass is 10.1. The minimum absolute atomic E-state index is 0.00869. The number of nitrogens with one attached hydrogen (secondary N) is 1. The fourth-order valence-corrected chi connectivity index (χ4v) is 2.79. The Kier molecular flexibility index (Phi) is 5.69. The number of carbonyl (C=O) groups excluding carboxylic acids is 1. The Balaban J connectivity index is 1.72. The van der Waals surface area contributed by atoms with Gasteiger partial charge in [-0.05, 0) is 37.1 Å². The summed E-state index contributed by atoms with van der Waals surface area (Å²) in [7, 11) is 0. The standard InChI is InChI=1S/C20H18N2O5/c21-11-15(19(23)22-12-17-5-2-8-26-17)10-16-6-7-18(27-16)13-3-1-4-14(9-13)20(24)25/h1,3-4,6-7,9-10,17H,2,5,8,12H2,(H,22,23)(H,24,25). The van der Waals surface area contributed by atoms with Gasteiger partial charge in [0.1, 0.15) is 23.2 Å². The number of carboxylic acids is 1. The largest absolute Gasteiger partial charge is 0.478 e. The summed E-state index contributed by atoms with van der Waals surface area (Å²) in [6.45, 7) is 1.06. The monoisotopic (exact) mass is 366 g/mol. The van der Waals surface area contributed by atoms with Crippen molar-refractivity contribution in [2.75, 3.05) is 13.2 Å². The molecule has 3 rings (SSSR count). The second kappa shape index (κ2) is 8.34. The van der Waals surface area contributed by atoms with Crippen molar-refractivity contribution < 1.29 is 23.8 Å². The second-order valence-corrected chi connectivity index (χ2v) is 6.10. The summed E-state index contributed by atoms with van der Waals surface area (Å²) in [5.41, 5.74) is 0.663. The SMILES string of the molecule is N#CC(=Cc1ccc(-c2cccc(C(=O)O)c2)o1)C(=O)NCC1CCCO1. The first-order chi connectivity index (χ1) is 13.1. The van der Waals surface area contributed by atoms with E-state index in [9.17, 15) is 14.9 Å². The van der Waals surface area contributed by atoms with E-state index in [4.69, 9.17) is 14.3 Å². The van der Waals surface area contributed by atoms with Crippen LogP contribution in [0.2, 0.25) is 0 Å². The van der Waals surface area contributed by atoms with Crippen LogP contribution in [0.3, 0.4) is 0 Å². The van der Waals surface area contributed by atoms with E-state index in [1.54, 1.807) is 24.3 Å². The Labute approximate surface area is 155 Å². The molecule has 1 aliphatic heterocycles. The predicted octanol–water partition coefficient (Wildman–Crippen LogP) is 2.85. The van der Waals surface area contributed by atoms with E-state index < -0.39 is 11.9 Å². The zero-order valence-corrected chi connectivity index (χ0v) is 14.5. The number of nitriles is 1. The first-order valence-corrected chi connectivity index (χ1v) is 8.52. The Hall–Kier alpha value is -3.37. The van der Waals surface area contributed by atoms with Gasteiger partial charge in [0, 0.05) is 24.8 Å². The van der Waals surface area contributed by atoms with Gasteiger partial charge in [0.2, 0.25) is 0 Å². The third-order valence-corrected chi connectivity index (χ3v) is 4.19. The maximum absolute atomic E-state index is 12.2. The van der Waals surface area contributed by atoms with Crippen LogP contribution in [0, 0.1) is 11.3 Å². The summed E-state index contributed by atoms with van der Waals surface area (Å²) in [6.07, 6.45) is 3.21. The molecule has 1 amide bonds. The second-order valence-electron chi connectivity index (χ2n) is 6.10. The van der Waals surface area contributed by atoms with Crippen LogP contribution in [0.5, 0.6) is 0 Å². The van der Waals surface area contributed by atoms with E-state index in [2.05, 4.69) is 5.32 Å². The molecule has 7 heteroatoms. The van der Waals surface area contributed by atoms with Gasteiger partial charge in [-0.2, -0.15) is 5.26 Å². The van der Waals surface area contributed by atoms with Crippen molar-refractivity contribution >= 4 is 18.0 Å². The fraction of sp³-hybridized carbons (Fsp3) is 0.250. The zero-order valence-electron chi connectivity index (χ0n) is 14.5. The number of benzene rings is 1. The first kappa shape index (κ1) is 18.4. The van der Waals surface area contributed by atoms with Gasteiger partial charge in [0.05, 0.1) is 11.7 Å². The molecule has 1 aromatic heterocycles. The normalized spacial score (nSPS) is 16.7. The molecule has 1 fully saturated rings. The molecule has 138 valence electrons. The number of hydrogen-bond acceptors (Lipinski definition) is 5. The van der Waals surface area contributed by atoms with Crippen molar-refractivity contribution in [2.45, 2.75) is 18.9 Å². The number of carbonyl (C=O) groups is 2. The van der Waals surface area contributed by atoms with Crippen molar-refractivity contribution in [3.63, 3.8) is 0 Å². The highest BCUT2D eigenvalue weighted by Gasteiger charge is 2.18. The highest BCUT2D eigenvalue weighted by Crippen LogP contribution is 2.24. The van der Waals surface area contributed by atoms with Crippen LogP contribution in [0.1, 0.15) is 29.0 Å². The molecular weight excluding hydrogens is 348 g/mol. The number of amides is 1. The number of ether oxygens (including phenoxy) is 1. The molecule has 0 spiro atoms. The Morgan fingerprint density at radius 3 is 2.89 bits per heavy atom. The van der Waals surface area contributed by atoms with Crippen LogP contribution in [0.25, 0.3) is 17.4 Å². The molecule has 1 unspecified atom stereocenters. The lowest BCUT2D eigenvalue weighted by molar-refractivity contribution is -0.117. The molecular formula is C20H18N2O5. The van der Waals surface area contributed by atoms with Crippen LogP contribution >= 0.6 is 0 Å². The van der Waals surface area contributed by atoms with Crippen molar-refractivity contribution in [3.05, 3.63) is 53.3 Å². The van der Waals surface area contributed by atoms with E-state index in [1.807, 2.05) is 6.07 Å². The lowest BCUT2D eigenvalue weighted by Gasteiger charge is -2.09. The third-order valence-electron chi connectivity index (χ3n) is 4.19. The highest BCUT2D eigenvalue weighted by atomic mass is 16.5. The van der Waals surface area contributed by atoms with Gasteiger partial charge >= 0.3 is 5.97 Å². The topological polar surface area (TPSA) is 113 Å². The van der Waals surface area contributed by atoms with Crippen LogP contribution in [0.15, 0.2) is 46.4 Å². The average molecular weight is 366 g/mol.